The van der Waals surface area contributed by atoms with Gasteiger partial charge >= 0.3 is 0 Å². The number of carbonyl (C=O) groups is 1. The molecule has 0 saturated heterocycles. The van der Waals surface area contributed by atoms with Gasteiger partial charge < -0.3 is 9.84 Å². The molecule has 26 heavy (non-hydrogen) atoms. The summed E-state index contributed by atoms with van der Waals surface area (Å²) < 4.78 is 47.9. The third-order valence-electron chi connectivity index (χ3n) is 4.04. The van der Waals surface area contributed by atoms with E-state index >= 15 is 0 Å². The molecule has 0 bridgehead atoms. The predicted octanol–water partition coefficient (Wildman–Crippen LogP) is 2.23. The van der Waals surface area contributed by atoms with Crippen LogP contribution in [0.2, 0.25) is 0 Å². The molecule has 0 radical (unpaired) electrons. The highest BCUT2D eigenvalue weighted by atomic mass is 32.2. The molecular weight excluding hydrogens is 363 g/mol. The van der Waals surface area contributed by atoms with Crippen molar-refractivity contribution in [1.82, 2.24) is 0 Å². The van der Waals surface area contributed by atoms with Crippen LogP contribution in [0.5, 0.6) is 5.75 Å². The second-order valence-corrected chi connectivity index (χ2v) is 7.66. The Morgan fingerprint density at radius 2 is 1.96 bits per heavy atom. The average Bonchev–Trinajstić information content (AvgIpc) is 2.60. The Labute approximate surface area is 150 Å². The van der Waals surface area contributed by atoms with E-state index in [1.54, 1.807) is 12.1 Å². The monoisotopic (exact) mass is 380 g/mol. The van der Waals surface area contributed by atoms with Crippen molar-refractivity contribution in [1.29, 1.82) is 0 Å². The number of rotatable bonds is 5. The first-order valence-corrected chi connectivity index (χ1v) is 9.30. The fourth-order valence-electron chi connectivity index (χ4n) is 2.57. The van der Waals surface area contributed by atoms with Gasteiger partial charge in [-0.2, -0.15) is 8.42 Å². The lowest BCUT2D eigenvalue weighted by Gasteiger charge is -2.28. The third kappa shape index (κ3) is 3.92. The standard InChI is InChI=1S/C18H17FO6S/c1-11-2-5-13(6-3-11)26(22,23)24-10-16(21)18-9-15(20)14-8-12(19)4-7-17(14)25-18/h2-8,16,18,21H,9-10H2,1H3/t16-,18-/m1/s1. The Morgan fingerprint density at radius 3 is 2.65 bits per heavy atom. The van der Waals surface area contributed by atoms with Gasteiger partial charge in [0.2, 0.25) is 0 Å². The third-order valence-corrected chi connectivity index (χ3v) is 5.34. The van der Waals surface area contributed by atoms with E-state index in [0.717, 1.165) is 17.7 Å². The highest BCUT2D eigenvalue weighted by Gasteiger charge is 2.33. The topological polar surface area (TPSA) is 89.9 Å². The fourth-order valence-corrected chi connectivity index (χ4v) is 3.50. The number of Topliss-reactive ketones (excluding diaryl/α,β-unsaturated/α-hetero) is 1. The molecule has 1 heterocycles. The molecule has 0 aromatic heterocycles. The molecule has 0 saturated carbocycles. The summed E-state index contributed by atoms with van der Waals surface area (Å²) in [6, 6.07) is 9.57. The highest BCUT2D eigenvalue weighted by molar-refractivity contribution is 7.86. The predicted molar refractivity (Wildman–Crippen MR) is 90.1 cm³/mol. The maximum Gasteiger partial charge on any atom is 0.297 e. The summed E-state index contributed by atoms with van der Waals surface area (Å²) in [6.07, 6.45) is -2.53. The van der Waals surface area contributed by atoms with E-state index < -0.39 is 40.5 Å². The quantitative estimate of drug-likeness (QED) is 0.800. The van der Waals surface area contributed by atoms with Crippen molar-refractivity contribution in [2.45, 2.75) is 30.4 Å². The molecule has 3 rings (SSSR count). The van der Waals surface area contributed by atoms with Crippen LogP contribution in [0.25, 0.3) is 0 Å². The lowest BCUT2D eigenvalue weighted by molar-refractivity contribution is 0.000495. The summed E-state index contributed by atoms with van der Waals surface area (Å²) in [4.78, 5) is 12.1. The molecular formula is C18H17FO6S. The van der Waals surface area contributed by atoms with E-state index in [9.17, 15) is 22.7 Å². The molecule has 6 nitrogen and oxygen atoms in total. The molecule has 0 aliphatic carbocycles. The summed E-state index contributed by atoms with van der Waals surface area (Å²) in [6.45, 7) is 1.26. The van der Waals surface area contributed by atoms with Crippen LogP contribution in [0.3, 0.4) is 0 Å². The molecule has 1 aliphatic heterocycles. The number of fused-ring (bicyclic) bond motifs is 1. The zero-order valence-corrected chi connectivity index (χ0v) is 14.7. The van der Waals surface area contributed by atoms with Gasteiger partial charge in [-0.05, 0) is 37.3 Å². The number of hydrogen-bond acceptors (Lipinski definition) is 6. The van der Waals surface area contributed by atoms with Crippen LogP contribution in [0, 0.1) is 12.7 Å². The number of ketones is 1. The second kappa shape index (κ2) is 7.14. The van der Waals surface area contributed by atoms with Crippen LogP contribution in [0.4, 0.5) is 4.39 Å². The van der Waals surface area contributed by atoms with E-state index in [2.05, 4.69) is 0 Å². The van der Waals surface area contributed by atoms with Gasteiger partial charge in [-0.15, -0.1) is 0 Å². The van der Waals surface area contributed by atoms with Crippen molar-refractivity contribution in [2.75, 3.05) is 6.61 Å². The molecule has 2 aromatic carbocycles. The number of carbonyl (C=O) groups excluding carboxylic acids is 1. The molecule has 8 heteroatoms. The number of aryl methyl sites for hydroxylation is 1. The highest BCUT2D eigenvalue weighted by Crippen LogP contribution is 2.29. The van der Waals surface area contributed by atoms with Crippen molar-refractivity contribution < 1.29 is 31.6 Å². The molecule has 1 aliphatic rings. The van der Waals surface area contributed by atoms with Crippen LogP contribution in [0.1, 0.15) is 22.3 Å². The number of benzene rings is 2. The van der Waals surface area contributed by atoms with Gasteiger partial charge in [0, 0.05) is 0 Å². The summed E-state index contributed by atoms with van der Waals surface area (Å²) >= 11 is 0. The number of aliphatic hydroxyl groups excluding tert-OH is 1. The van der Waals surface area contributed by atoms with Crippen molar-refractivity contribution in [2.24, 2.45) is 0 Å². The van der Waals surface area contributed by atoms with Crippen molar-refractivity contribution in [3.63, 3.8) is 0 Å². The van der Waals surface area contributed by atoms with Gasteiger partial charge in [-0.25, -0.2) is 4.39 Å². The van der Waals surface area contributed by atoms with Crippen molar-refractivity contribution in [3.8, 4) is 5.75 Å². The second-order valence-electron chi connectivity index (χ2n) is 6.04. The lowest BCUT2D eigenvalue weighted by atomic mass is 9.98. The lowest BCUT2D eigenvalue weighted by Crippen LogP contribution is -2.40. The summed E-state index contributed by atoms with van der Waals surface area (Å²) in [5, 5.41) is 10.2. The van der Waals surface area contributed by atoms with Gasteiger partial charge in [-0.1, -0.05) is 17.7 Å². The van der Waals surface area contributed by atoms with Crippen LogP contribution in [-0.2, 0) is 14.3 Å². The minimum Gasteiger partial charge on any atom is -0.486 e. The van der Waals surface area contributed by atoms with Crippen LogP contribution < -0.4 is 4.74 Å². The first-order valence-electron chi connectivity index (χ1n) is 7.90. The van der Waals surface area contributed by atoms with Gasteiger partial charge in [-0.3, -0.25) is 8.98 Å². The normalized spacial score (nSPS) is 18.1. The molecule has 0 spiro atoms. The maximum atomic E-state index is 13.2. The largest absolute Gasteiger partial charge is 0.486 e. The zero-order valence-electron chi connectivity index (χ0n) is 13.9. The minimum absolute atomic E-state index is 0.0308. The Kier molecular flexibility index (Phi) is 5.08. The van der Waals surface area contributed by atoms with Gasteiger partial charge in [0.1, 0.15) is 23.8 Å². The number of halogens is 1. The van der Waals surface area contributed by atoms with Crippen LogP contribution >= 0.6 is 0 Å². The maximum absolute atomic E-state index is 13.2. The number of aliphatic hydroxyl groups is 1. The minimum atomic E-state index is -4.04. The SMILES string of the molecule is Cc1ccc(S(=O)(=O)OC[C@@H](O)[C@H]2CC(=O)c3cc(F)ccc3O2)cc1. The van der Waals surface area contributed by atoms with Crippen LogP contribution in [0.15, 0.2) is 47.4 Å². The first kappa shape index (κ1) is 18.5. The number of hydrogen-bond donors (Lipinski definition) is 1. The molecule has 2 aromatic rings. The van der Waals surface area contributed by atoms with E-state index in [1.165, 1.54) is 18.2 Å². The van der Waals surface area contributed by atoms with E-state index in [0.29, 0.717) is 0 Å². The van der Waals surface area contributed by atoms with Gasteiger partial charge in [0.15, 0.2) is 5.78 Å². The molecule has 138 valence electrons. The molecule has 0 fully saturated rings. The Hall–Kier alpha value is -2.29. The summed E-state index contributed by atoms with van der Waals surface area (Å²) in [5.41, 5.74) is 0.995. The van der Waals surface area contributed by atoms with Gasteiger partial charge in [0.25, 0.3) is 10.1 Å². The van der Waals surface area contributed by atoms with Crippen molar-refractivity contribution >= 4 is 15.9 Å². The molecule has 2 atom stereocenters. The fraction of sp³-hybridized carbons (Fsp3) is 0.278. The summed E-state index contributed by atoms with van der Waals surface area (Å²) in [5.74, 6) is -0.809. The van der Waals surface area contributed by atoms with Crippen molar-refractivity contribution in [3.05, 3.63) is 59.4 Å². The molecule has 0 amide bonds. The van der Waals surface area contributed by atoms with E-state index in [1.807, 2.05) is 6.92 Å². The van der Waals surface area contributed by atoms with Crippen LogP contribution in [-0.4, -0.2) is 38.1 Å². The Bertz CT molecular complexity index is 923. The Balaban J connectivity index is 1.67. The first-order chi connectivity index (χ1) is 12.3. The Morgan fingerprint density at radius 1 is 1.27 bits per heavy atom. The van der Waals surface area contributed by atoms with Gasteiger partial charge in [0.05, 0.1) is 23.5 Å². The molecule has 0 unspecified atom stereocenters. The van der Waals surface area contributed by atoms with E-state index in [-0.39, 0.29) is 22.6 Å². The van der Waals surface area contributed by atoms with E-state index in [4.69, 9.17) is 8.92 Å². The summed E-state index contributed by atoms with van der Waals surface area (Å²) in [7, 11) is -4.04. The number of ether oxygens (including phenoxy) is 1. The smallest absolute Gasteiger partial charge is 0.297 e. The average molecular weight is 380 g/mol. The zero-order chi connectivity index (χ0) is 18.9. The molecule has 1 N–H and O–H groups in total.